The van der Waals surface area contributed by atoms with Gasteiger partial charge in [-0.05, 0) is 49.7 Å². The molecule has 0 spiro atoms. The summed E-state index contributed by atoms with van der Waals surface area (Å²) in [5.74, 6) is 0.662. The highest BCUT2D eigenvalue weighted by molar-refractivity contribution is 7.21. The van der Waals surface area contributed by atoms with Gasteiger partial charge in [0.05, 0.1) is 18.5 Å². The number of ether oxygens (including phenoxy) is 1. The molecule has 2 heterocycles. The molecular formula is C19H21N3O2S. The molecule has 0 saturated carbocycles. The van der Waals surface area contributed by atoms with Gasteiger partial charge in [-0.2, -0.15) is 0 Å². The van der Waals surface area contributed by atoms with Crippen molar-refractivity contribution in [2.45, 2.75) is 26.3 Å². The highest BCUT2D eigenvalue weighted by Crippen LogP contribution is 2.34. The molecule has 0 radical (unpaired) electrons. The number of nitrogens with two attached hydrogens (primary N) is 1. The number of carbonyl (C=O) groups is 1. The van der Waals surface area contributed by atoms with Gasteiger partial charge in [0.1, 0.15) is 15.5 Å². The summed E-state index contributed by atoms with van der Waals surface area (Å²) in [5.41, 5.74) is 8.50. The van der Waals surface area contributed by atoms with Crippen LogP contribution >= 0.6 is 11.3 Å². The van der Waals surface area contributed by atoms with Crippen molar-refractivity contribution >= 4 is 33.1 Å². The SMILES string of the molecule is CCC(C)NC(=O)c1sc2nc(-c3ccc(OC)cc3)ccc2c1N. The number of carbonyl (C=O) groups excluding carboxylic acids is 1. The molecule has 0 fully saturated rings. The average molecular weight is 355 g/mol. The van der Waals surface area contributed by atoms with Crippen molar-refractivity contribution in [2.24, 2.45) is 0 Å². The molecule has 3 N–H and O–H groups in total. The molecule has 1 amide bonds. The molecule has 130 valence electrons. The van der Waals surface area contributed by atoms with Crippen molar-refractivity contribution in [3.63, 3.8) is 0 Å². The quantitative estimate of drug-likeness (QED) is 0.723. The third-order valence-electron chi connectivity index (χ3n) is 4.18. The molecule has 6 heteroatoms. The minimum atomic E-state index is -0.138. The number of nitrogens with zero attached hydrogens (tertiary/aromatic N) is 1. The van der Waals surface area contributed by atoms with E-state index in [1.807, 2.05) is 50.2 Å². The van der Waals surface area contributed by atoms with Crippen LogP contribution in [0.5, 0.6) is 5.75 Å². The largest absolute Gasteiger partial charge is 0.497 e. The Hall–Kier alpha value is -2.60. The number of hydrogen-bond acceptors (Lipinski definition) is 5. The number of rotatable bonds is 5. The fourth-order valence-corrected chi connectivity index (χ4v) is 3.48. The molecule has 5 nitrogen and oxygen atoms in total. The number of anilines is 1. The minimum absolute atomic E-state index is 0.111. The van der Waals surface area contributed by atoms with Crippen LogP contribution in [0.1, 0.15) is 29.9 Å². The summed E-state index contributed by atoms with van der Waals surface area (Å²) in [7, 11) is 1.64. The molecule has 25 heavy (non-hydrogen) atoms. The van der Waals surface area contributed by atoms with E-state index in [0.29, 0.717) is 10.6 Å². The molecule has 0 saturated heterocycles. The fraction of sp³-hybridized carbons (Fsp3) is 0.263. The summed E-state index contributed by atoms with van der Waals surface area (Å²) in [5, 5.41) is 3.77. The van der Waals surface area contributed by atoms with E-state index in [2.05, 4.69) is 10.3 Å². The molecule has 2 aromatic heterocycles. The lowest BCUT2D eigenvalue weighted by molar-refractivity contribution is 0.0944. The van der Waals surface area contributed by atoms with Gasteiger partial charge in [-0.1, -0.05) is 6.92 Å². The summed E-state index contributed by atoms with van der Waals surface area (Å²) in [6.07, 6.45) is 0.871. The second kappa shape index (κ2) is 7.11. The van der Waals surface area contributed by atoms with Crippen LogP contribution in [0.4, 0.5) is 5.69 Å². The van der Waals surface area contributed by atoms with Gasteiger partial charge in [-0.3, -0.25) is 4.79 Å². The molecule has 3 aromatic rings. The van der Waals surface area contributed by atoms with Crippen LogP contribution in [-0.4, -0.2) is 24.0 Å². The predicted octanol–water partition coefficient (Wildman–Crippen LogP) is 4.08. The lowest BCUT2D eigenvalue weighted by atomic mass is 10.1. The first-order valence-corrected chi connectivity index (χ1v) is 8.99. The van der Waals surface area contributed by atoms with Crippen LogP contribution in [0.3, 0.4) is 0 Å². The number of nitrogen functional groups attached to an aromatic ring is 1. The molecule has 1 atom stereocenters. The number of nitrogens with one attached hydrogen (secondary N) is 1. The normalized spacial score (nSPS) is 12.1. The van der Waals surface area contributed by atoms with Gasteiger partial charge in [0.15, 0.2) is 0 Å². The number of methoxy groups -OCH3 is 1. The fourth-order valence-electron chi connectivity index (χ4n) is 2.48. The first-order chi connectivity index (χ1) is 12.0. The van der Waals surface area contributed by atoms with E-state index in [9.17, 15) is 4.79 Å². The topological polar surface area (TPSA) is 77.2 Å². The first kappa shape index (κ1) is 17.2. The summed E-state index contributed by atoms with van der Waals surface area (Å²) in [6, 6.07) is 11.7. The Labute approximate surface area is 150 Å². The molecule has 1 aromatic carbocycles. The van der Waals surface area contributed by atoms with Crippen LogP contribution in [0.2, 0.25) is 0 Å². The van der Waals surface area contributed by atoms with Gasteiger partial charge in [-0.15, -0.1) is 11.3 Å². The Balaban J connectivity index is 1.96. The van der Waals surface area contributed by atoms with Crippen LogP contribution in [0.25, 0.3) is 21.5 Å². The highest BCUT2D eigenvalue weighted by Gasteiger charge is 2.18. The number of aromatic nitrogens is 1. The number of pyridine rings is 1. The summed E-state index contributed by atoms with van der Waals surface area (Å²) in [4.78, 5) is 18.4. The van der Waals surface area contributed by atoms with Crippen LogP contribution in [0, 0.1) is 0 Å². The third kappa shape index (κ3) is 3.44. The van der Waals surface area contributed by atoms with E-state index in [1.54, 1.807) is 7.11 Å². The summed E-state index contributed by atoms with van der Waals surface area (Å²) < 4.78 is 5.18. The van der Waals surface area contributed by atoms with E-state index in [0.717, 1.165) is 33.6 Å². The number of thiophene rings is 1. The molecule has 0 aliphatic rings. The Bertz CT molecular complexity index is 903. The van der Waals surface area contributed by atoms with E-state index in [1.165, 1.54) is 11.3 Å². The monoisotopic (exact) mass is 355 g/mol. The van der Waals surface area contributed by atoms with Crippen molar-refractivity contribution in [2.75, 3.05) is 12.8 Å². The molecule has 1 unspecified atom stereocenters. The minimum Gasteiger partial charge on any atom is -0.497 e. The van der Waals surface area contributed by atoms with E-state index < -0.39 is 0 Å². The maximum Gasteiger partial charge on any atom is 0.263 e. The van der Waals surface area contributed by atoms with Gasteiger partial charge in [0, 0.05) is 17.0 Å². The van der Waals surface area contributed by atoms with Crippen molar-refractivity contribution in [3.05, 3.63) is 41.3 Å². The van der Waals surface area contributed by atoms with Gasteiger partial charge in [0.25, 0.3) is 5.91 Å². The van der Waals surface area contributed by atoms with E-state index >= 15 is 0 Å². The van der Waals surface area contributed by atoms with Crippen molar-refractivity contribution in [3.8, 4) is 17.0 Å². The van der Waals surface area contributed by atoms with Crippen molar-refractivity contribution < 1.29 is 9.53 Å². The van der Waals surface area contributed by atoms with Crippen molar-refractivity contribution in [1.82, 2.24) is 10.3 Å². The Kier molecular flexibility index (Phi) is 4.90. The second-order valence-electron chi connectivity index (χ2n) is 5.91. The van der Waals surface area contributed by atoms with Crippen LogP contribution in [0.15, 0.2) is 36.4 Å². The molecular weight excluding hydrogens is 334 g/mol. The highest BCUT2D eigenvalue weighted by atomic mass is 32.1. The average Bonchev–Trinajstić information content (AvgIpc) is 2.98. The van der Waals surface area contributed by atoms with Crippen LogP contribution in [-0.2, 0) is 0 Å². The van der Waals surface area contributed by atoms with Crippen LogP contribution < -0.4 is 15.8 Å². The zero-order valence-corrected chi connectivity index (χ0v) is 15.3. The van der Waals surface area contributed by atoms with Gasteiger partial charge >= 0.3 is 0 Å². The zero-order chi connectivity index (χ0) is 18.0. The van der Waals surface area contributed by atoms with E-state index in [4.69, 9.17) is 10.5 Å². The zero-order valence-electron chi connectivity index (χ0n) is 14.5. The Morgan fingerprint density at radius 2 is 2.00 bits per heavy atom. The standard InChI is InChI=1S/C19H21N3O2S/c1-4-11(2)21-18(23)17-16(20)14-9-10-15(22-19(14)25-17)12-5-7-13(24-3)8-6-12/h5-11H,4,20H2,1-3H3,(H,21,23). The summed E-state index contributed by atoms with van der Waals surface area (Å²) >= 11 is 1.33. The lowest BCUT2D eigenvalue weighted by Gasteiger charge is -2.10. The maximum absolute atomic E-state index is 12.4. The van der Waals surface area contributed by atoms with E-state index in [-0.39, 0.29) is 11.9 Å². The number of fused-ring (bicyclic) bond motifs is 1. The predicted molar refractivity (Wildman–Crippen MR) is 103 cm³/mol. The maximum atomic E-state index is 12.4. The molecule has 0 bridgehead atoms. The lowest BCUT2D eigenvalue weighted by Crippen LogP contribution is -2.31. The number of benzene rings is 1. The molecule has 3 rings (SSSR count). The second-order valence-corrected chi connectivity index (χ2v) is 6.90. The van der Waals surface area contributed by atoms with Crippen molar-refractivity contribution in [1.29, 1.82) is 0 Å². The Morgan fingerprint density at radius 3 is 2.64 bits per heavy atom. The Morgan fingerprint density at radius 1 is 1.28 bits per heavy atom. The number of amides is 1. The molecule has 0 aliphatic heterocycles. The van der Waals surface area contributed by atoms with Gasteiger partial charge < -0.3 is 15.8 Å². The van der Waals surface area contributed by atoms with Gasteiger partial charge in [-0.25, -0.2) is 4.98 Å². The molecule has 0 aliphatic carbocycles. The third-order valence-corrected chi connectivity index (χ3v) is 5.29. The summed E-state index contributed by atoms with van der Waals surface area (Å²) in [6.45, 7) is 4.00. The first-order valence-electron chi connectivity index (χ1n) is 8.17. The number of hydrogen-bond donors (Lipinski definition) is 2. The van der Waals surface area contributed by atoms with Gasteiger partial charge in [0.2, 0.25) is 0 Å². The smallest absolute Gasteiger partial charge is 0.263 e.